The van der Waals surface area contributed by atoms with E-state index in [-0.39, 0.29) is 0 Å². The van der Waals surface area contributed by atoms with Gasteiger partial charge in [0.15, 0.2) is 0 Å². The molecule has 0 aliphatic heterocycles. The van der Waals surface area contributed by atoms with E-state index in [1.807, 2.05) is 0 Å². The van der Waals surface area contributed by atoms with Gasteiger partial charge in [-0.1, -0.05) is 6.92 Å². The molecule has 16 heavy (non-hydrogen) atoms. The molecule has 0 heterocycles. The molecule has 0 radical (unpaired) electrons. The highest BCUT2D eigenvalue weighted by atomic mass is 19.4. The molecule has 1 N–H and O–H groups in total. The van der Waals surface area contributed by atoms with E-state index in [9.17, 15) is 26.3 Å². The number of ether oxygens (including phenoxy) is 1. The Kier molecular flexibility index (Phi) is 5.54. The highest BCUT2D eigenvalue weighted by Crippen LogP contribution is 2.35. The summed E-state index contributed by atoms with van der Waals surface area (Å²) in [5.74, 6) is 0. The maximum atomic E-state index is 12.0. The van der Waals surface area contributed by atoms with E-state index in [0.29, 0.717) is 6.42 Å². The predicted molar refractivity (Wildman–Crippen MR) is 45.0 cm³/mol. The Balaban J connectivity index is 4.47. The highest BCUT2D eigenvalue weighted by Gasteiger charge is 2.58. The maximum Gasteiger partial charge on any atom is 0.423 e. The highest BCUT2D eigenvalue weighted by molar-refractivity contribution is 4.77. The van der Waals surface area contributed by atoms with Gasteiger partial charge in [0.2, 0.25) is 6.10 Å². The molecule has 8 heteroatoms. The molecule has 0 amide bonds. The second kappa shape index (κ2) is 5.72. The van der Waals surface area contributed by atoms with Crippen LogP contribution in [0.15, 0.2) is 0 Å². The van der Waals surface area contributed by atoms with Gasteiger partial charge in [-0.3, -0.25) is 0 Å². The summed E-state index contributed by atoms with van der Waals surface area (Å²) in [7, 11) is 1.44. The summed E-state index contributed by atoms with van der Waals surface area (Å²) >= 11 is 0. The van der Waals surface area contributed by atoms with Crippen LogP contribution in [-0.4, -0.2) is 38.2 Å². The SMILES string of the molecule is CCC(COC(C(F)(F)F)C(F)(F)F)NC. The Bertz CT molecular complexity index is 184. The van der Waals surface area contributed by atoms with Crippen LogP contribution in [0.4, 0.5) is 26.3 Å². The first kappa shape index (κ1) is 15.5. The summed E-state index contributed by atoms with van der Waals surface area (Å²) in [6.45, 7) is 0.984. The lowest BCUT2D eigenvalue weighted by Crippen LogP contribution is -2.46. The average molecular weight is 253 g/mol. The van der Waals surface area contributed by atoms with Crippen molar-refractivity contribution < 1.29 is 31.1 Å². The van der Waals surface area contributed by atoms with E-state index in [1.165, 1.54) is 7.05 Å². The minimum absolute atomic E-state index is 0.374. The fourth-order valence-electron chi connectivity index (χ4n) is 0.992. The van der Waals surface area contributed by atoms with E-state index in [1.54, 1.807) is 6.92 Å². The van der Waals surface area contributed by atoms with Crippen molar-refractivity contribution in [1.82, 2.24) is 5.32 Å². The fourth-order valence-corrected chi connectivity index (χ4v) is 0.992. The largest absolute Gasteiger partial charge is 0.423 e. The maximum absolute atomic E-state index is 12.0. The fraction of sp³-hybridized carbons (Fsp3) is 1.00. The molecule has 0 aromatic carbocycles. The van der Waals surface area contributed by atoms with Crippen molar-refractivity contribution in [3.8, 4) is 0 Å². The van der Waals surface area contributed by atoms with Gasteiger partial charge in [-0.15, -0.1) is 0 Å². The van der Waals surface area contributed by atoms with Crippen molar-refractivity contribution in [3.63, 3.8) is 0 Å². The molecule has 0 aliphatic rings. The van der Waals surface area contributed by atoms with Crippen LogP contribution in [-0.2, 0) is 4.74 Å². The summed E-state index contributed by atoms with van der Waals surface area (Å²) < 4.78 is 76.0. The van der Waals surface area contributed by atoms with Crippen LogP contribution in [0.25, 0.3) is 0 Å². The molecule has 0 bridgehead atoms. The van der Waals surface area contributed by atoms with E-state index < -0.39 is 31.1 Å². The van der Waals surface area contributed by atoms with Crippen molar-refractivity contribution >= 4 is 0 Å². The summed E-state index contributed by atoms with van der Waals surface area (Å²) in [4.78, 5) is 0. The quantitative estimate of drug-likeness (QED) is 0.760. The first-order valence-electron chi connectivity index (χ1n) is 4.55. The van der Waals surface area contributed by atoms with Gasteiger partial charge >= 0.3 is 12.4 Å². The Morgan fingerprint density at radius 1 is 1.06 bits per heavy atom. The minimum atomic E-state index is -5.44. The summed E-state index contributed by atoms with van der Waals surface area (Å²) in [6.07, 6.45) is -14.2. The van der Waals surface area contributed by atoms with Crippen LogP contribution < -0.4 is 5.32 Å². The number of nitrogens with one attached hydrogen (secondary N) is 1. The van der Waals surface area contributed by atoms with E-state index in [0.717, 1.165) is 0 Å². The molecule has 0 aliphatic carbocycles. The van der Waals surface area contributed by atoms with Gasteiger partial charge in [-0.2, -0.15) is 26.3 Å². The minimum Gasteiger partial charge on any atom is -0.359 e. The molecule has 0 aromatic rings. The molecule has 0 rings (SSSR count). The van der Waals surface area contributed by atoms with E-state index in [4.69, 9.17) is 0 Å². The molecule has 1 unspecified atom stereocenters. The van der Waals surface area contributed by atoms with Gasteiger partial charge in [-0.25, -0.2) is 0 Å². The van der Waals surface area contributed by atoms with Crippen molar-refractivity contribution in [2.45, 2.75) is 37.8 Å². The topological polar surface area (TPSA) is 21.3 Å². The van der Waals surface area contributed by atoms with Crippen molar-refractivity contribution in [3.05, 3.63) is 0 Å². The number of likely N-dealkylation sites (N-methyl/N-ethyl adjacent to an activating group) is 1. The lowest BCUT2D eigenvalue weighted by atomic mass is 10.2. The number of rotatable bonds is 5. The first-order chi connectivity index (χ1) is 7.12. The van der Waals surface area contributed by atoms with E-state index >= 15 is 0 Å². The zero-order chi connectivity index (χ0) is 13.0. The molecule has 2 nitrogen and oxygen atoms in total. The zero-order valence-electron chi connectivity index (χ0n) is 8.74. The molecule has 0 aromatic heterocycles. The smallest absolute Gasteiger partial charge is 0.359 e. The second-order valence-electron chi connectivity index (χ2n) is 3.19. The van der Waals surface area contributed by atoms with Gasteiger partial charge in [-0.05, 0) is 13.5 Å². The molecule has 0 saturated heterocycles. The van der Waals surface area contributed by atoms with E-state index in [2.05, 4.69) is 10.1 Å². The molecule has 0 fully saturated rings. The second-order valence-corrected chi connectivity index (χ2v) is 3.19. The Morgan fingerprint density at radius 2 is 1.50 bits per heavy atom. The van der Waals surface area contributed by atoms with Crippen molar-refractivity contribution in [1.29, 1.82) is 0 Å². The monoisotopic (exact) mass is 253 g/mol. The third kappa shape index (κ3) is 5.02. The summed E-state index contributed by atoms with van der Waals surface area (Å²) in [5, 5.41) is 2.55. The van der Waals surface area contributed by atoms with Gasteiger partial charge in [0, 0.05) is 6.04 Å². The molecule has 0 spiro atoms. The van der Waals surface area contributed by atoms with Gasteiger partial charge in [0.1, 0.15) is 0 Å². The average Bonchev–Trinajstić information content (AvgIpc) is 2.08. The van der Waals surface area contributed by atoms with Crippen LogP contribution in [0.3, 0.4) is 0 Å². The lowest BCUT2D eigenvalue weighted by molar-refractivity contribution is -0.322. The number of alkyl halides is 6. The summed E-state index contributed by atoms with van der Waals surface area (Å²) in [5.41, 5.74) is 0. The lowest BCUT2D eigenvalue weighted by Gasteiger charge is -2.25. The normalized spacial score (nSPS) is 15.6. The Labute approximate surface area is 89.0 Å². The van der Waals surface area contributed by atoms with Gasteiger partial charge in [0.25, 0.3) is 0 Å². The zero-order valence-corrected chi connectivity index (χ0v) is 8.74. The third-order valence-electron chi connectivity index (χ3n) is 1.96. The molecule has 0 saturated carbocycles. The number of hydrogen-bond acceptors (Lipinski definition) is 2. The van der Waals surface area contributed by atoms with Crippen molar-refractivity contribution in [2.75, 3.05) is 13.7 Å². The summed E-state index contributed by atoms with van der Waals surface area (Å²) in [6, 6.07) is -0.535. The Hall–Kier alpha value is -0.500. The van der Waals surface area contributed by atoms with Crippen LogP contribution in [0.2, 0.25) is 0 Å². The first-order valence-corrected chi connectivity index (χ1v) is 4.55. The Morgan fingerprint density at radius 3 is 1.75 bits per heavy atom. The van der Waals surface area contributed by atoms with Crippen molar-refractivity contribution in [2.24, 2.45) is 0 Å². The van der Waals surface area contributed by atoms with Crippen LogP contribution in [0.1, 0.15) is 13.3 Å². The van der Waals surface area contributed by atoms with Crippen LogP contribution >= 0.6 is 0 Å². The third-order valence-corrected chi connectivity index (χ3v) is 1.96. The molecular formula is C8H13F6NO. The number of halogens is 6. The molecule has 98 valence electrons. The van der Waals surface area contributed by atoms with Gasteiger partial charge < -0.3 is 10.1 Å². The van der Waals surface area contributed by atoms with Crippen LogP contribution in [0, 0.1) is 0 Å². The predicted octanol–water partition coefficient (Wildman–Crippen LogP) is 2.49. The number of hydrogen-bond donors (Lipinski definition) is 1. The molecular weight excluding hydrogens is 240 g/mol. The van der Waals surface area contributed by atoms with Gasteiger partial charge in [0.05, 0.1) is 6.61 Å². The standard InChI is InChI=1S/C8H13F6NO/c1-3-5(15-2)4-16-6(7(9,10)11)8(12,13)14/h5-6,15H,3-4H2,1-2H3. The van der Waals surface area contributed by atoms with Crippen LogP contribution in [0.5, 0.6) is 0 Å². The molecule has 1 atom stereocenters.